The predicted octanol–water partition coefficient (Wildman–Crippen LogP) is 3.02. The fraction of sp³-hybridized carbons (Fsp3) is 0.222. The average Bonchev–Trinajstić information content (AvgIpc) is 3.02. The van der Waals surface area contributed by atoms with Crippen molar-refractivity contribution in [2.24, 2.45) is 0 Å². The van der Waals surface area contributed by atoms with Crippen molar-refractivity contribution in [3.05, 3.63) is 59.8 Å². The van der Waals surface area contributed by atoms with Crippen LogP contribution in [0.2, 0.25) is 0 Å². The number of amides is 1. The molecular weight excluding hydrogens is 290 g/mol. The molecule has 5 nitrogen and oxygen atoms in total. The number of hydrogen-bond acceptors (Lipinski definition) is 3. The zero-order valence-corrected chi connectivity index (χ0v) is 13.2. The van der Waals surface area contributed by atoms with E-state index in [0.717, 1.165) is 22.2 Å². The summed E-state index contributed by atoms with van der Waals surface area (Å²) in [5.41, 5.74) is 2.54. The number of para-hydroxylation sites is 1. The largest absolute Gasteiger partial charge is 0.492 e. The molecule has 0 saturated heterocycles. The van der Waals surface area contributed by atoms with E-state index in [1.807, 2.05) is 43.3 Å². The third kappa shape index (κ3) is 3.34. The van der Waals surface area contributed by atoms with Crippen molar-refractivity contribution in [1.82, 2.24) is 15.1 Å². The molecule has 1 N–H and O–H groups in total. The highest BCUT2D eigenvalue weighted by Gasteiger charge is 2.15. The first kappa shape index (κ1) is 15.1. The molecular formula is C18H19N3O2. The molecule has 0 saturated carbocycles. The molecule has 118 valence electrons. The van der Waals surface area contributed by atoms with E-state index < -0.39 is 0 Å². The first-order valence-electron chi connectivity index (χ1n) is 7.52. The van der Waals surface area contributed by atoms with Crippen LogP contribution in [0.5, 0.6) is 5.75 Å². The van der Waals surface area contributed by atoms with Gasteiger partial charge in [0.25, 0.3) is 5.91 Å². The maximum atomic E-state index is 12.6. The van der Waals surface area contributed by atoms with Crippen LogP contribution in [0.15, 0.2) is 48.7 Å². The summed E-state index contributed by atoms with van der Waals surface area (Å²) in [6.07, 6.45) is 1.72. The van der Waals surface area contributed by atoms with Gasteiger partial charge in [-0.25, -0.2) is 0 Å². The van der Waals surface area contributed by atoms with Gasteiger partial charge < -0.3 is 9.64 Å². The number of aromatic nitrogens is 2. The van der Waals surface area contributed by atoms with Crippen molar-refractivity contribution in [3.63, 3.8) is 0 Å². The number of benzene rings is 2. The summed E-state index contributed by atoms with van der Waals surface area (Å²) in [7, 11) is 1.77. The summed E-state index contributed by atoms with van der Waals surface area (Å²) >= 11 is 0. The second kappa shape index (κ2) is 6.52. The van der Waals surface area contributed by atoms with Crippen molar-refractivity contribution < 1.29 is 9.53 Å². The van der Waals surface area contributed by atoms with E-state index in [1.54, 1.807) is 24.2 Å². The number of fused-ring (bicyclic) bond motifs is 1. The van der Waals surface area contributed by atoms with Crippen LogP contribution in [0.3, 0.4) is 0 Å². The normalized spacial score (nSPS) is 10.7. The Morgan fingerprint density at radius 2 is 2.09 bits per heavy atom. The fourth-order valence-electron chi connectivity index (χ4n) is 2.46. The number of carbonyl (C=O) groups excluding carboxylic acids is 1. The highest BCUT2D eigenvalue weighted by Crippen LogP contribution is 2.17. The van der Waals surface area contributed by atoms with E-state index in [2.05, 4.69) is 10.2 Å². The fourth-order valence-corrected chi connectivity index (χ4v) is 2.46. The molecule has 23 heavy (non-hydrogen) atoms. The zero-order valence-electron chi connectivity index (χ0n) is 13.2. The van der Waals surface area contributed by atoms with Gasteiger partial charge in [0.2, 0.25) is 0 Å². The number of rotatable bonds is 5. The third-order valence-corrected chi connectivity index (χ3v) is 3.74. The van der Waals surface area contributed by atoms with Crippen LogP contribution in [0.25, 0.3) is 10.9 Å². The van der Waals surface area contributed by atoms with Crippen LogP contribution in [0.1, 0.15) is 15.9 Å². The molecule has 0 bridgehead atoms. The topological polar surface area (TPSA) is 58.2 Å². The summed E-state index contributed by atoms with van der Waals surface area (Å²) in [6.45, 7) is 2.98. The van der Waals surface area contributed by atoms with Crippen molar-refractivity contribution in [3.8, 4) is 5.75 Å². The molecule has 1 heterocycles. The molecule has 2 aromatic carbocycles. The van der Waals surface area contributed by atoms with Gasteiger partial charge in [0, 0.05) is 12.4 Å². The van der Waals surface area contributed by atoms with Crippen LogP contribution >= 0.6 is 0 Å². The first-order valence-corrected chi connectivity index (χ1v) is 7.52. The number of aryl methyl sites for hydroxylation is 1. The molecule has 5 heteroatoms. The minimum absolute atomic E-state index is 0.0484. The minimum Gasteiger partial charge on any atom is -0.492 e. The van der Waals surface area contributed by atoms with Gasteiger partial charge in [-0.3, -0.25) is 9.89 Å². The minimum atomic E-state index is -0.0484. The smallest absolute Gasteiger partial charge is 0.255 e. The third-order valence-electron chi connectivity index (χ3n) is 3.74. The Balaban J connectivity index is 1.63. The van der Waals surface area contributed by atoms with Gasteiger partial charge in [-0.1, -0.05) is 24.3 Å². The summed E-state index contributed by atoms with van der Waals surface area (Å²) < 4.78 is 5.70. The van der Waals surface area contributed by atoms with Crippen LogP contribution < -0.4 is 4.74 Å². The highest BCUT2D eigenvalue weighted by atomic mass is 16.5. The second-order valence-corrected chi connectivity index (χ2v) is 5.53. The van der Waals surface area contributed by atoms with Gasteiger partial charge in [-0.2, -0.15) is 5.10 Å². The van der Waals surface area contributed by atoms with Crippen LogP contribution in [-0.4, -0.2) is 41.2 Å². The lowest BCUT2D eigenvalue weighted by Gasteiger charge is -2.18. The van der Waals surface area contributed by atoms with Gasteiger partial charge >= 0.3 is 0 Å². The molecule has 0 aliphatic rings. The van der Waals surface area contributed by atoms with E-state index in [1.165, 1.54) is 0 Å². The van der Waals surface area contributed by atoms with Gasteiger partial charge in [0.1, 0.15) is 12.4 Å². The van der Waals surface area contributed by atoms with E-state index >= 15 is 0 Å². The average molecular weight is 309 g/mol. The van der Waals surface area contributed by atoms with E-state index in [9.17, 15) is 4.79 Å². The molecule has 1 aromatic heterocycles. The summed E-state index contributed by atoms with van der Waals surface area (Å²) in [5.74, 6) is 0.772. The monoisotopic (exact) mass is 309 g/mol. The number of ether oxygens (including phenoxy) is 1. The lowest BCUT2D eigenvalue weighted by Crippen LogP contribution is -2.31. The Hall–Kier alpha value is -2.82. The maximum Gasteiger partial charge on any atom is 0.255 e. The molecule has 3 rings (SSSR count). The van der Waals surface area contributed by atoms with Crippen LogP contribution in [0.4, 0.5) is 0 Å². The Morgan fingerprint density at radius 3 is 2.91 bits per heavy atom. The molecule has 0 radical (unpaired) electrons. The first-order chi connectivity index (χ1) is 11.1. The number of H-pyrrole nitrogens is 1. The number of likely N-dealkylation sites (N-methyl/N-ethyl adjacent to an activating group) is 1. The Labute approximate surface area is 134 Å². The molecule has 0 unspecified atom stereocenters. The van der Waals surface area contributed by atoms with Gasteiger partial charge in [0.15, 0.2) is 0 Å². The molecule has 1 amide bonds. The number of aromatic amines is 1. The Kier molecular flexibility index (Phi) is 4.28. The molecule has 0 aliphatic carbocycles. The van der Waals surface area contributed by atoms with Crippen LogP contribution in [0, 0.1) is 6.92 Å². The second-order valence-electron chi connectivity index (χ2n) is 5.53. The summed E-state index contributed by atoms with van der Waals surface area (Å²) in [4.78, 5) is 14.2. The number of hydrogen-bond donors (Lipinski definition) is 1. The number of nitrogens with zero attached hydrogens (tertiary/aromatic N) is 2. The van der Waals surface area contributed by atoms with Gasteiger partial charge in [-0.05, 0) is 30.7 Å². The quantitative estimate of drug-likeness (QED) is 0.788. The number of carbonyl (C=O) groups is 1. The lowest BCUT2D eigenvalue weighted by atomic mass is 10.1. The molecule has 0 atom stereocenters. The van der Waals surface area contributed by atoms with Crippen LogP contribution in [-0.2, 0) is 0 Å². The van der Waals surface area contributed by atoms with Crippen molar-refractivity contribution in [1.29, 1.82) is 0 Å². The van der Waals surface area contributed by atoms with Gasteiger partial charge in [-0.15, -0.1) is 0 Å². The maximum absolute atomic E-state index is 12.6. The zero-order chi connectivity index (χ0) is 16.2. The van der Waals surface area contributed by atoms with Crippen molar-refractivity contribution >= 4 is 16.8 Å². The molecule has 0 spiro atoms. The van der Waals surface area contributed by atoms with E-state index in [0.29, 0.717) is 18.7 Å². The molecule has 3 aromatic rings. The summed E-state index contributed by atoms with van der Waals surface area (Å²) in [5, 5.41) is 7.81. The molecule has 0 fully saturated rings. The predicted molar refractivity (Wildman–Crippen MR) is 89.7 cm³/mol. The SMILES string of the molecule is Cc1cccc(OCCN(C)C(=O)c2cccc3cn[nH]c23)c1. The van der Waals surface area contributed by atoms with E-state index in [4.69, 9.17) is 4.74 Å². The Bertz CT molecular complexity index is 826. The Morgan fingerprint density at radius 1 is 1.26 bits per heavy atom. The highest BCUT2D eigenvalue weighted by molar-refractivity contribution is 6.05. The van der Waals surface area contributed by atoms with Crippen molar-refractivity contribution in [2.45, 2.75) is 6.92 Å². The van der Waals surface area contributed by atoms with Crippen molar-refractivity contribution in [2.75, 3.05) is 20.2 Å². The molecule has 0 aliphatic heterocycles. The number of nitrogens with one attached hydrogen (secondary N) is 1. The van der Waals surface area contributed by atoms with Gasteiger partial charge in [0.05, 0.1) is 23.8 Å². The summed E-state index contributed by atoms with van der Waals surface area (Å²) in [6, 6.07) is 13.5. The van der Waals surface area contributed by atoms with E-state index in [-0.39, 0.29) is 5.91 Å². The lowest BCUT2D eigenvalue weighted by molar-refractivity contribution is 0.0775. The standard InChI is InChI=1S/C18H19N3O2/c1-13-5-3-7-15(11-13)23-10-9-21(2)18(22)16-8-4-6-14-12-19-20-17(14)16/h3-8,11-12H,9-10H2,1-2H3,(H,19,20).